The first-order valence-electron chi connectivity index (χ1n) is 15.1. The molecule has 0 saturated carbocycles. The third-order valence-electron chi connectivity index (χ3n) is 7.46. The average Bonchev–Trinajstić information content (AvgIpc) is 3.05. The molecule has 4 rings (SSSR count). The van der Waals surface area contributed by atoms with Crippen LogP contribution in [0, 0.1) is 12.8 Å². The summed E-state index contributed by atoms with van der Waals surface area (Å²) in [4.78, 5) is 30.0. The first-order chi connectivity index (χ1) is 22.0. The van der Waals surface area contributed by atoms with Crippen molar-refractivity contribution in [2.75, 3.05) is 24.5 Å². The molecule has 0 radical (unpaired) electrons. The molecule has 4 aromatic rings. The van der Waals surface area contributed by atoms with E-state index in [1.54, 1.807) is 36.4 Å². The molecule has 1 atom stereocenters. The molecule has 46 heavy (non-hydrogen) atoms. The second-order valence-electron chi connectivity index (χ2n) is 11.5. The molecule has 1 unspecified atom stereocenters. The number of carbonyl (C=O) groups is 2. The third kappa shape index (κ3) is 8.98. The maximum Gasteiger partial charge on any atom is 0.264 e. The molecular formula is C36H40BrN3O5S. The van der Waals surface area contributed by atoms with Gasteiger partial charge in [0.2, 0.25) is 11.8 Å². The highest BCUT2D eigenvalue weighted by Crippen LogP contribution is 2.33. The van der Waals surface area contributed by atoms with Gasteiger partial charge in [-0.3, -0.25) is 13.9 Å². The van der Waals surface area contributed by atoms with Crippen LogP contribution in [0.3, 0.4) is 0 Å². The fraction of sp³-hybridized carbons (Fsp3) is 0.278. The first kappa shape index (κ1) is 34.7. The smallest absolute Gasteiger partial charge is 0.264 e. The van der Waals surface area contributed by atoms with Crippen molar-refractivity contribution in [2.24, 2.45) is 5.92 Å². The van der Waals surface area contributed by atoms with E-state index in [0.717, 1.165) is 25.5 Å². The van der Waals surface area contributed by atoms with Gasteiger partial charge in [0.15, 0.2) is 0 Å². The number of para-hydroxylation sites is 2. The molecule has 0 aliphatic carbocycles. The number of anilines is 1. The van der Waals surface area contributed by atoms with Crippen LogP contribution in [0.2, 0.25) is 0 Å². The fourth-order valence-corrected chi connectivity index (χ4v) is 6.64. The van der Waals surface area contributed by atoms with Crippen LogP contribution in [-0.4, -0.2) is 51.4 Å². The second kappa shape index (κ2) is 15.9. The highest BCUT2D eigenvalue weighted by molar-refractivity contribution is 9.10. The summed E-state index contributed by atoms with van der Waals surface area (Å²) in [6, 6.07) is 29.2. The number of nitrogens with one attached hydrogen (secondary N) is 1. The Morgan fingerprint density at radius 1 is 0.848 bits per heavy atom. The lowest BCUT2D eigenvalue weighted by Crippen LogP contribution is -2.53. The molecule has 1 N–H and O–H groups in total. The number of benzene rings is 4. The van der Waals surface area contributed by atoms with Gasteiger partial charge in [-0.2, -0.15) is 0 Å². The van der Waals surface area contributed by atoms with Gasteiger partial charge in [0.1, 0.15) is 18.3 Å². The van der Waals surface area contributed by atoms with Crippen molar-refractivity contribution >= 4 is 43.5 Å². The zero-order valence-electron chi connectivity index (χ0n) is 26.5. The largest absolute Gasteiger partial charge is 0.495 e. The number of nitrogens with zero attached hydrogens (tertiary/aromatic N) is 2. The number of carbonyl (C=O) groups excluding carboxylic acids is 2. The topological polar surface area (TPSA) is 96.0 Å². The highest BCUT2D eigenvalue weighted by atomic mass is 79.9. The van der Waals surface area contributed by atoms with Crippen molar-refractivity contribution in [1.82, 2.24) is 10.2 Å². The van der Waals surface area contributed by atoms with Gasteiger partial charge in [0.25, 0.3) is 10.0 Å². The van der Waals surface area contributed by atoms with Gasteiger partial charge in [0.05, 0.1) is 17.7 Å². The van der Waals surface area contributed by atoms with E-state index in [2.05, 4.69) is 21.2 Å². The molecular weight excluding hydrogens is 666 g/mol. The van der Waals surface area contributed by atoms with E-state index in [9.17, 15) is 18.0 Å². The summed E-state index contributed by atoms with van der Waals surface area (Å²) in [7, 11) is -2.79. The van der Waals surface area contributed by atoms with Crippen molar-refractivity contribution in [3.05, 3.63) is 124 Å². The van der Waals surface area contributed by atoms with E-state index < -0.39 is 28.5 Å². The van der Waals surface area contributed by atoms with Crippen molar-refractivity contribution in [3.63, 3.8) is 0 Å². The number of amides is 2. The van der Waals surface area contributed by atoms with Gasteiger partial charge in [-0.05, 0) is 60.4 Å². The van der Waals surface area contributed by atoms with E-state index in [1.165, 1.54) is 24.1 Å². The van der Waals surface area contributed by atoms with Crippen LogP contribution < -0.4 is 14.4 Å². The minimum absolute atomic E-state index is 0.0341. The molecule has 0 aromatic heterocycles. The fourth-order valence-electron chi connectivity index (χ4n) is 4.95. The standard InChI is InChI=1S/C36H40BrN3O5S/c1-26(2)23-38-36(42)33(22-28-10-6-5-7-11-28)39(24-29-16-18-30(37)19-17-29)35(41)25-40(32-12-8-9-13-34(32)45-4)46(43,44)31-20-14-27(3)15-21-31/h5-21,26,33H,22-25H2,1-4H3,(H,38,42). The van der Waals surface area contributed by atoms with Gasteiger partial charge >= 0.3 is 0 Å². The number of hydrogen-bond acceptors (Lipinski definition) is 5. The maximum atomic E-state index is 14.6. The molecule has 4 aromatic carbocycles. The molecule has 0 saturated heterocycles. The number of sulfonamides is 1. The lowest BCUT2D eigenvalue weighted by Gasteiger charge is -2.34. The molecule has 0 aliphatic heterocycles. The van der Waals surface area contributed by atoms with Crippen LogP contribution in [0.5, 0.6) is 5.75 Å². The molecule has 242 valence electrons. The van der Waals surface area contributed by atoms with Crippen LogP contribution in [0.15, 0.2) is 112 Å². The predicted molar refractivity (Wildman–Crippen MR) is 185 cm³/mol. The third-order valence-corrected chi connectivity index (χ3v) is 9.77. The number of halogens is 1. The molecule has 0 spiro atoms. The molecule has 0 fully saturated rings. The van der Waals surface area contributed by atoms with Crippen LogP contribution in [0.25, 0.3) is 0 Å². The van der Waals surface area contributed by atoms with E-state index in [4.69, 9.17) is 4.74 Å². The molecule has 0 aliphatic rings. The van der Waals surface area contributed by atoms with Crippen LogP contribution in [0.4, 0.5) is 5.69 Å². The Morgan fingerprint density at radius 3 is 2.11 bits per heavy atom. The predicted octanol–water partition coefficient (Wildman–Crippen LogP) is 6.37. The minimum Gasteiger partial charge on any atom is -0.495 e. The van der Waals surface area contributed by atoms with E-state index in [-0.39, 0.29) is 35.4 Å². The van der Waals surface area contributed by atoms with Crippen molar-refractivity contribution in [2.45, 2.75) is 44.7 Å². The number of rotatable bonds is 14. The summed E-state index contributed by atoms with van der Waals surface area (Å²) < 4.78 is 36.0. The zero-order valence-corrected chi connectivity index (χ0v) is 28.9. The van der Waals surface area contributed by atoms with Crippen LogP contribution in [0.1, 0.15) is 30.5 Å². The van der Waals surface area contributed by atoms with Crippen LogP contribution in [-0.2, 0) is 32.6 Å². The minimum atomic E-state index is -4.24. The van der Waals surface area contributed by atoms with E-state index in [0.29, 0.717) is 12.3 Å². The quantitative estimate of drug-likeness (QED) is 0.164. The summed E-state index contributed by atoms with van der Waals surface area (Å²) in [5.74, 6) is -0.364. The number of methoxy groups -OCH3 is 1. The summed E-state index contributed by atoms with van der Waals surface area (Å²) in [5.41, 5.74) is 2.77. The van der Waals surface area contributed by atoms with Gasteiger partial charge < -0.3 is 15.0 Å². The summed E-state index contributed by atoms with van der Waals surface area (Å²) in [6.07, 6.45) is 0.242. The summed E-state index contributed by atoms with van der Waals surface area (Å²) >= 11 is 3.46. The molecule has 2 amide bonds. The Bertz CT molecular complexity index is 1710. The average molecular weight is 707 g/mol. The monoisotopic (exact) mass is 705 g/mol. The van der Waals surface area contributed by atoms with Crippen molar-refractivity contribution in [1.29, 1.82) is 0 Å². The zero-order chi connectivity index (χ0) is 33.3. The SMILES string of the molecule is COc1ccccc1N(CC(=O)N(Cc1ccc(Br)cc1)C(Cc1ccccc1)C(=O)NCC(C)C)S(=O)(=O)c1ccc(C)cc1. The Hall–Kier alpha value is -4.15. The molecule has 0 bridgehead atoms. The Morgan fingerprint density at radius 2 is 1.48 bits per heavy atom. The Balaban J connectivity index is 1.82. The Kier molecular flexibility index (Phi) is 12.0. The molecule has 0 heterocycles. The molecule has 8 nitrogen and oxygen atoms in total. The van der Waals surface area contributed by atoms with E-state index >= 15 is 0 Å². The number of hydrogen-bond donors (Lipinski definition) is 1. The second-order valence-corrected chi connectivity index (χ2v) is 14.3. The number of aryl methyl sites for hydroxylation is 1. The van der Waals surface area contributed by atoms with Crippen LogP contribution >= 0.6 is 15.9 Å². The summed E-state index contributed by atoms with van der Waals surface area (Å²) in [5, 5.41) is 3.01. The van der Waals surface area contributed by atoms with Gasteiger partial charge in [-0.1, -0.05) is 102 Å². The van der Waals surface area contributed by atoms with Gasteiger partial charge in [0, 0.05) is 24.0 Å². The lowest BCUT2D eigenvalue weighted by atomic mass is 10.0. The van der Waals surface area contributed by atoms with Gasteiger partial charge in [-0.15, -0.1) is 0 Å². The van der Waals surface area contributed by atoms with E-state index in [1.807, 2.05) is 75.4 Å². The maximum absolute atomic E-state index is 14.6. The summed E-state index contributed by atoms with van der Waals surface area (Å²) in [6.45, 7) is 5.82. The Labute approximate surface area is 280 Å². The normalized spacial score (nSPS) is 12.0. The lowest BCUT2D eigenvalue weighted by molar-refractivity contribution is -0.140. The van der Waals surface area contributed by atoms with Crippen molar-refractivity contribution in [3.8, 4) is 5.75 Å². The first-order valence-corrected chi connectivity index (χ1v) is 17.3. The number of ether oxygens (including phenoxy) is 1. The van der Waals surface area contributed by atoms with Gasteiger partial charge in [-0.25, -0.2) is 8.42 Å². The van der Waals surface area contributed by atoms with Crippen molar-refractivity contribution < 1.29 is 22.7 Å². The molecule has 10 heteroatoms. The highest BCUT2D eigenvalue weighted by Gasteiger charge is 2.35.